The number of rotatable bonds is 3. The van der Waals surface area contributed by atoms with Crippen LogP contribution < -0.4 is 0 Å². The summed E-state index contributed by atoms with van der Waals surface area (Å²) in [5, 5.41) is 8.42. The molecule has 0 aliphatic rings. The lowest BCUT2D eigenvalue weighted by Crippen LogP contribution is -2.01. The Balaban J connectivity index is 2.86. The molecular formula is C8H7NO3. The molecule has 12 heavy (non-hydrogen) atoms. The molecule has 4 heteroatoms. The van der Waals surface area contributed by atoms with E-state index in [9.17, 15) is 9.59 Å². The van der Waals surface area contributed by atoms with Crippen LogP contribution >= 0.6 is 0 Å². The van der Waals surface area contributed by atoms with Crippen molar-refractivity contribution in [2.45, 2.75) is 6.42 Å². The Labute approximate surface area is 68.9 Å². The number of nitrogens with zero attached hydrogens (tertiary/aromatic N) is 1. The molecule has 1 rings (SSSR count). The monoisotopic (exact) mass is 165 g/mol. The number of hydrogen-bond acceptors (Lipinski definition) is 3. The van der Waals surface area contributed by atoms with Gasteiger partial charge < -0.3 is 5.11 Å². The molecule has 0 fully saturated rings. The van der Waals surface area contributed by atoms with E-state index in [0.717, 1.165) is 0 Å². The second kappa shape index (κ2) is 3.61. The van der Waals surface area contributed by atoms with Crippen molar-refractivity contribution < 1.29 is 14.7 Å². The Bertz CT molecular complexity index is 309. The summed E-state index contributed by atoms with van der Waals surface area (Å²) in [6, 6.07) is 3.03. The molecule has 0 bridgehead atoms. The van der Waals surface area contributed by atoms with Crippen LogP contribution in [0.3, 0.4) is 0 Å². The summed E-state index contributed by atoms with van der Waals surface area (Å²) in [6.07, 6.45) is 1.93. The summed E-state index contributed by atoms with van der Waals surface area (Å²) in [5.41, 5.74) is 0.841. The maximum absolute atomic E-state index is 10.3. The van der Waals surface area contributed by atoms with Crippen LogP contribution in [-0.2, 0) is 11.2 Å². The Kier molecular flexibility index (Phi) is 2.53. The molecule has 0 aromatic carbocycles. The maximum atomic E-state index is 10.3. The van der Waals surface area contributed by atoms with E-state index in [2.05, 4.69) is 4.98 Å². The van der Waals surface area contributed by atoms with Gasteiger partial charge in [-0.25, -0.2) is 0 Å². The Morgan fingerprint density at radius 2 is 2.42 bits per heavy atom. The first-order valence-electron chi connectivity index (χ1n) is 3.34. The lowest BCUT2D eigenvalue weighted by molar-refractivity contribution is -0.136. The maximum Gasteiger partial charge on any atom is 0.307 e. The summed E-state index contributed by atoms with van der Waals surface area (Å²) in [6.45, 7) is 0. The number of aliphatic carboxylic acids is 1. The molecule has 1 heterocycles. The van der Waals surface area contributed by atoms with Crippen LogP contribution in [0.25, 0.3) is 0 Å². The average Bonchev–Trinajstić information content (AvgIpc) is 2.03. The average molecular weight is 165 g/mol. The van der Waals surface area contributed by atoms with Gasteiger partial charge >= 0.3 is 5.97 Å². The molecule has 1 aromatic rings. The van der Waals surface area contributed by atoms with Crippen LogP contribution in [0.2, 0.25) is 0 Å². The van der Waals surface area contributed by atoms with Crippen molar-refractivity contribution in [3.05, 3.63) is 29.6 Å². The molecule has 0 saturated carbocycles. The number of carboxylic acid groups (broad SMARTS) is 1. The Hall–Kier alpha value is -1.71. The molecule has 0 atom stereocenters. The summed E-state index contributed by atoms with van der Waals surface area (Å²) < 4.78 is 0. The molecule has 0 saturated heterocycles. The highest BCUT2D eigenvalue weighted by atomic mass is 16.4. The fraction of sp³-hybridized carbons (Fsp3) is 0.125. The number of aldehydes is 1. The molecule has 0 unspecified atom stereocenters. The van der Waals surface area contributed by atoms with Crippen LogP contribution in [0.15, 0.2) is 18.3 Å². The van der Waals surface area contributed by atoms with Crippen molar-refractivity contribution >= 4 is 12.3 Å². The van der Waals surface area contributed by atoms with E-state index in [4.69, 9.17) is 5.11 Å². The summed E-state index contributed by atoms with van der Waals surface area (Å²) in [4.78, 5) is 24.2. The highest BCUT2D eigenvalue weighted by Crippen LogP contribution is 2.00. The van der Waals surface area contributed by atoms with Gasteiger partial charge in [-0.05, 0) is 17.7 Å². The predicted octanol–water partition coefficient (Wildman–Crippen LogP) is 0.521. The Morgan fingerprint density at radius 3 is 3.00 bits per heavy atom. The summed E-state index contributed by atoms with van der Waals surface area (Å²) in [5.74, 6) is -0.918. The second-order valence-corrected chi connectivity index (χ2v) is 2.28. The van der Waals surface area contributed by atoms with Gasteiger partial charge in [0, 0.05) is 6.20 Å². The predicted molar refractivity (Wildman–Crippen MR) is 41.0 cm³/mol. The zero-order valence-electron chi connectivity index (χ0n) is 6.23. The third-order valence-corrected chi connectivity index (χ3v) is 1.32. The van der Waals surface area contributed by atoms with Crippen molar-refractivity contribution in [2.75, 3.05) is 0 Å². The van der Waals surface area contributed by atoms with Gasteiger partial charge in [0.25, 0.3) is 0 Å². The minimum atomic E-state index is -0.918. The molecule has 0 aliphatic heterocycles. The quantitative estimate of drug-likeness (QED) is 0.663. The van der Waals surface area contributed by atoms with Crippen molar-refractivity contribution in [3.8, 4) is 0 Å². The SMILES string of the molecule is O=Cc1cc(CC(=O)O)ccn1. The van der Waals surface area contributed by atoms with Gasteiger partial charge in [-0.3, -0.25) is 14.6 Å². The minimum Gasteiger partial charge on any atom is -0.481 e. The third kappa shape index (κ3) is 2.16. The van der Waals surface area contributed by atoms with Gasteiger partial charge in [0.05, 0.1) is 6.42 Å². The van der Waals surface area contributed by atoms with Crippen LogP contribution in [-0.4, -0.2) is 22.3 Å². The molecule has 0 radical (unpaired) electrons. The van der Waals surface area contributed by atoms with Gasteiger partial charge in [-0.1, -0.05) is 0 Å². The number of carbonyl (C=O) groups is 2. The number of pyridine rings is 1. The first kappa shape index (κ1) is 8.39. The molecule has 0 spiro atoms. The van der Waals surface area contributed by atoms with Gasteiger partial charge in [0.2, 0.25) is 0 Å². The van der Waals surface area contributed by atoms with E-state index in [1.165, 1.54) is 12.3 Å². The fourth-order valence-electron chi connectivity index (χ4n) is 0.843. The lowest BCUT2D eigenvalue weighted by Gasteiger charge is -1.95. The highest BCUT2D eigenvalue weighted by Gasteiger charge is 2.00. The largest absolute Gasteiger partial charge is 0.481 e. The molecule has 0 aliphatic carbocycles. The van der Waals surface area contributed by atoms with E-state index in [1.807, 2.05) is 0 Å². The van der Waals surface area contributed by atoms with Gasteiger partial charge in [-0.15, -0.1) is 0 Å². The zero-order valence-corrected chi connectivity index (χ0v) is 6.23. The van der Waals surface area contributed by atoms with E-state index in [0.29, 0.717) is 11.8 Å². The molecule has 0 amide bonds. The zero-order chi connectivity index (χ0) is 8.97. The van der Waals surface area contributed by atoms with Crippen molar-refractivity contribution in [2.24, 2.45) is 0 Å². The van der Waals surface area contributed by atoms with E-state index in [1.54, 1.807) is 6.07 Å². The van der Waals surface area contributed by atoms with Gasteiger partial charge in [0.15, 0.2) is 6.29 Å². The molecular weight excluding hydrogens is 158 g/mol. The third-order valence-electron chi connectivity index (χ3n) is 1.32. The van der Waals surface area contributed by atoms with Crippen molar-refractivity contribution in [1.29, 1.82) is 0 Å². The molecule has 1 aromatic heterocycles. The number of carboxylic acids is 1. The van der Waals surface area contributed by atoms with Crippen LogP contribution in [0, 0.1) is 0 Å². The molecule has 4 nitrogen and oxygen atoms in total. The van der Waals surface area contributed by atoms with Crippen LogP contribution in [0.1, 0.15) is 16.1 Å². The van der Waals surface area contributed by atoms with E-state index < -0.39 is 5.97 Å². The van der Waals surface area contributed by atoms with Crippen molar-refractivity contribution in [1.82, 2.24) is 4.98 Å². The normalized spacial score (nSPS) is 9.33. The van der Waals surface area contributed by atoms with Crippen LogP contribution in [0.5, 0.6) is 0 Å². The number of carbonyl (C=O) groups excluding carboxylic acids is 1. The van der Waals surface area contributed by atoms with Crippen molar-refractivity contribution in [3.63, 3.8) is 0 Å². The van der Waals surface area contributed by atoms with Crippen LogP contribution in [0.4, 0.5) is 0 Å². The Morgan fingerprint density at radius 1 is 1.67 bits per heavy atom. The topological polar surface area (TPSA) is 67.3 Å². The molecule has 62 valence electrons. The second-order valence-electron chi connectivity index (χ2n) is 2.28. The summed E-state index contributed by atoms with van der Waals surface area (Å²) >= 11 is 0. The van der Waals surface area contributed by atoms with Gasteiger partial charge in [0.1, 0.15) is 5.69 Å². The van der Waals surface area contributed by atoms with E-state index in [-0.39, 0.29) is 12.1 Å². The first-order chi connectivity index (χ1) is 5.72. The highest BCUT2D eigenvalue weighted by molar-refractivity contribution is 5.74. The molecule has 1 N–H and O–H groups in total. The fourth-order valence-corrected chi connectivity index (χ4v) is 0.843. The van der Waals surface area contributed by atoms with E-state index >= 15 is 0 Å². The first-order valence-corrected chi connectivity index (χ1v) is 3.34. The minimum absolute atomic E-state index is 0.0800. The number of hydrogen-bond donors (Lipinski definition) is 1. The lowest BCUT2D eigenvalue weighted by atomic mass is 10.2. The standard InChI is InChI=1S/C8H7NO3/c10-5-7-3-6(1-2-9-7)4-8(11)12/h1-3,5H,4H2,(H,11,12). The van der Waals surface area contributed by atoms with Gasteiger partial charge in [-0.2, -0.15) is 0 Å². The number of aromatic nitrogens is 1. The smallest absolute Gasteiger partial charge is 0.307 e. The summed E-state index contributed by atoms with van der Waals surface area (Å²) in [7, 11) is 0.